The summed E-state index contributed by atoms with van der Waals surface area (Å²) in [6.07, 6.45) is 1.55. The number of benzene rings is 1. The first-order chi connectivity index (χ1) is 15.4. The molecular weight excluding hydrogens is 412 g/mol. The third-order valence-corrected chi connectivity index (χ3v) is 4.24. The van der Waals surface area contributed by atoms with E-state index in [0.717, 1.165) is 10.8 Å². The molecule has 0 aliphatic carbocycles. The van der Waals surface area contributed by atoms with Gasteiger partial charge in [0.2, 0.25) is 11.8 Å². The number of nitriles is 1. The molecule has 0 unspecified atom stereocenters. The number of aromatic nitrogens is 1. The average molecular weight is 445 g/mol. The van der Waals surface area contributed by atoms with Gasteiger partial charge in [0.25, 0.3) is 5.91 Å². The van der Waals surface area contributed by atoms with Crippen LogP contribution in [0.15, 0.2) is 24.4 Å². The van der Waals surface area contributed by atoms with Gasteiger partial charge in [0, 0.05) is 24.7 Å². The monoisotopic (exact) mass is 444 g/mol. The minimum Gasteiger partial charge on any atom is -0.490 e. The molecule has 9 nitrogen and oxygen atoms in total. The summed E-state index contributed by atoms with van der Waals surface area (Å²) in [5, 5.41) is 9.85. The van der Waals surface area contributed by atoms with Crippen molar-refractivity contribution < 1.29 is 23.8 Å². The first kappa shape index (κ1) is 26.7. The van der Waals surface area contributed by atoms with Crippen molar-refractivity contribution in [3.05, 3.63) is 30.0 Å². The van der Waals surface area contributed by atoms with Gasteiger partial charge in [-0.05, 0) is 37.4 Å². The second-order valence-corrected chi connectivity index (χ2v) is 6.75. The Hall–Kier alpha value is -3.38. The van der Waals surface area contributed by atoms with Crippen molar-refractivity contribution in [3.63, 3.8) is 0 Å². The summed E-state index contributed by atoms with van der Waals surface area (Å²) in [6, 6.07) is 7.06. The molecule has 174 valence electrons. The second-order valence-electron chi connectivity index (χ2n) is 6.75. The fourth-order valence-corrected chi connectivity index (χ4v) is 2.87. The molecule has 2 aromatic rings. The Kier molecular flexibility index (Phi) is 11.5. The fraction of sp³-hybridized carbons (Fsp3) is 0.478. The van der Waals surface area contributed by atoms with E-state index in [4.69, 9.17) is 25.2 Å². The van der Waals surface area contributed by atoms with E-state index in [-0.39, 0.29) is 18.4 Å². The highest BCUT2D eigenvalue weighted by atomic mass is 16.5. The molecule has 1 aromatic carbocycles. The number of nitrogens with zero attached hydrogens (tertiary/aromatic N) is 3. The van der Waals surface area contributed by atoms with Crippen LogP contribution in [0.5, 0.6) is 11.6 Å². The number of hydrogen-bond acceptors (Lipinski definition) is 7. The van der Waals surface area contributed by atoms with Gasteiger partial charge in [-0.3, -0.25) is 9.59 Å². The molecule has 32 heavy (non-hydrogen) atoms. The van der Waals surface area contributed by atoms with Crippen LogP contribution in [0.3, 0.4) is 0 Å². The Morgan fingerprint density at radius 3 is 2.47 bits per heavy atom. The molecule has 1 fully saturated rings. The van der Waals surface area contributed by atoms with E-state index in [1.165, 1.54) is 0 Å². The van der Waals surface area contributed by atoms with E-state index in [9.17, 15) is 9.59 Å². The number of rotatable bonds is 5. The Bertz CT molecular complexity index is 934. The van der Waals surface area contributed by atoms with Crippen molar-refractivity contribution in [2.45, 2.75) is 40.2 Å². The number of fused-ring (bicyclic) bond motifs is 1. The van der Waals surface area contributed by atoms with Crippen molar-refractivity contribution in [3.8, 4) is 17.7 Å². The maximum Gasteiger partial charge on any atom is 0.252 e. The van der Waals surface area contributed by atoms with E-state index in [1.807, 2.05) is 33.8 Å². The molecule has 0 atom stereocenters. The van der Waals surface area contributed by atoms with Gasteiger partial charge < -0.3 is 24.8 Å². The predicted molar refractivity (Wildman–Crippen MR) is 122 cm³/mol. The lowest BCUT2D eigenvalue weighted by atomic mass is 10.1. The van der Waals surface area contributed by atoms with Crippen LogP contribution in [0.4, 0.5) is 0 Å². The standard InChI is InChI=1S/C14H16N2O3.C7H10N2O2.C2H6/c1-8(2)19-12-7-10-9(6-11(12)13(15)17)4-5-16-14(10)18-3;8-2-1-7(10)9-3-5-11-6-4-9;1-2/h4-8H,1-3H3,(H2,15,17);1,3-6H2;1-2H3. The van der Waals surface area contributed by atoms with Gasteiger partial charge in [-0.15, -0.1) is 0 Å². The summed E-state index contributed by atoms with van der Waals surface area (Å²) in [5.74, 6) is 0.326. The van der Waals surface area contributed by atoms with Crippen LogP contribution < -0.4 is 15.2 Å². The number of amides is 2. The maximum atomic E-state index is 11.5. The first-order valence-electron chi connectivity index (χ1n) is 10.5. The molecule has 1 aromatic heterocycles. The van der Waals surface area contributed by atoms with E-state index < -0.39 is 5.91 Å². The number of methoxy groups -OCH3 is 1. The Morgan fingerprint density at radius 2 is 1.94 bits per heavy atom. The molecular formula is C23H32N4O5. The summed E-state index contributed by atoms with van der Waals surface area (Å²) in [4.78, 5) is 28.3. The van der Waals surface area contributed by atoms with Crippen LogP contribution in [0.2, 0.25) is 0 Å². The zero-order valence-corrected chi connectivity index (χ0v) is 19.4. The molecule has 2 heterocycles. The minimum absolute atomic E-state index is 0.0139. The number of morpholine rings is 1. The van der Waals surface area contributed by atoms with Crippen molar-refractivity contribution in [1.29, 1.82) is 5.26 Å². The quantitative estimate of drug-likeness (QED) is 0.751. The van der Waals surface area contributed by atoms with Gasteiger partial charge in [0.1, 0.15) is 12.2 Å². The largest absolute Gasteiger partial charge is 0.490 e. The van der Waals surface area contributed by atoms with Crippen molar-refractivity contribution in [2.75, 3.05) is 33.4 Å². The molecule has 0 saturated carbocycles. The number of ether oxygens (including phenoxy) is 3. The van der Waals surface area contributed by atoms with Gasteiger partial charge in [-0.2, -0.15) is 5.26 Å². The molecule has 2 amide bonds. The Balaban J connectivity index is 0.000000335. The molecule has 9 heteroatoms. The number of carbonyl (C=O) groups excluding carboxylic acids is 2. The summed E-state index contributed by atoms with van der Waals surface area (Å²) >= 11 is 0. The lowest BCUT2D eigenvalue weighted by Gasteiger charge is -2.25. The van der Waals surface area contributed by atoms with E-state index in [2.05, 4.69) is 4.98 Å². The number of pyridine rings is 1. The summed E-state index contributed by atoms with van der Waals surface area (Å²) in [6.45, 7) is 10.2. The lowest BCUT2D eigenvalue weighted by molar-refractivity contribution is -0.134. The second kappa shape index (κ2) is 13.8. The molecule has 1 aliphatic heterocycles. The van der Waals surface area contributed by atoms with Gasteiger partial charge in [0.15, 0.2) is 0 Å². The van der Waals surface area contributed by atoms with Crippen LogP contribution in [0, 0.1) is 11.3 Å². The Morgan fingerprint density at radius 1 is 1.28 bits per heavy atom. The zero-order valence-electron chi connectivity index (χ0n) is 19.4. The molecule has 2 N–H and O–H groups in total. The molecule has 3 rings (SSSR count). The van der Waals surface area contributed by atoms with Crippen molar-refractivity contribution in [1.82, 2.24) is 9.88 Å². The maximum absolute atomic E-state index is 11.5. The first-order valence-corrected chi connectivity index (χ1v) is 10.5. The van der Waals surface area contributed by atoms with Crippen LogP contribution in [-0.2, 0) is 9.53 Å². The van der Waals surface area contributed by atoms with Gasteiger partial charge >= 0.3 is 0 Å². The average Bonchev–Trinajstić information content (AvgIpc) is 2.80. The number of nitrogens with two attached hydrogens (primary N) is 1. The van der Waals surface area contributed by atoms with Crippen LogP contribution in [-0.4, -0.2) is 61.2 Å². The highest BCUT2D eigenvalue weighted by Crippen LogP contribution is 2.31. The molecule has 1 aliphatic rings. The van der Waals surface area contributed by atoms with Crippen molar-refractivity contribution >= 4 is 22.6 Å². The van der Waals surface area contributed by atoms with Crippen LogP contribution in [0.1, 0.15) is 44.5 Å². The van der Waals surface area contributed by atoms with Crippen LogP contribution in [0.25, 0.3) is 10.8 Å². The molecule has 0 radical (unpaired) electrons. The predicted octanol–water partition coefficient (Wildman–Crippen LogP) is 2.91. The topological polar surface area (TPSA) is 128 Å². The highest BCUT2D eigenvalue weighted by Gasteiger charge is 2.16. The van der Waals surface area contributed by atoms with E-state index in [1.54, 1.807) is 36.4 Å². The molecule has 0 bridgehead atoms. The third kappa shape index (κ3) is 7.71. The van der Waals surface area contributed by atoms with Gasteiger partial charge in [-0.1, -0.05) is 13.8 Å². The normalized spacial score (nSPS) is 12.6. The summed E-state index contributed by atoms with van der Waals surface area (Å²) in [5.41, 5.74) is 5.74. The van der Waals surface area contributed by atoms with Crippen LogP contribution >= 0.6 is 0 Å². The smallest absolute Gasteiger partial charge is 0.252 e. The van der Waals surface area contributed by atoms with Crippen molar-refractivity contribution in [2.24, 2.45) is 5.73 Å². The van der Waals surface area contributed by atoms with Gasteiger partial charge in [0.05, 0.1) is 38.1 Å². The Labute approximate surface area is 189 Å². The van der Waals surface area contributed by atoms with E-state index >= 15 is 0 Å². The lowest BCUT2D eigenvalue weighted by Crippen LogP contribution is -2.40. The number of carbonyl (C=O) groups is 2. The number of hydrogen-bond donors (Lipinski definition) is 1. The number of primary amides is 1. The minimum atomic E-state index is -0.520. The summed E-state index contributed by atoms with van der Waals surface area (Å²) < 4.78 is 15.9. The summed E-state index contributed by atoms with van der Waals surface area (Å²) in [7, 11) is 1.55. The zero-order chi connectivity index (χ0) is 24.1. The van der Waals surface area contributed by atoms with Gasteiger partial charge in [-0.25, -0.2) is 4.98 Å². The van der Waals surface area contributed by atoms with E-state index in [0.29, 0.717) is 43.5 Å². The molecule has 1 saturated heterocycles. The fourth-order valence-electron chi connectivity index (χ4n) is 2.87. The third-order valence-electron chi connectivity index (χ3n) is 4.24. The highest BCUT2D eigenvalue weighted by molar-refractivity contribution is 6.01. The SMILES string of the molecule is CC.COc1nccc2cc(C(N)=O)c(OC(C)C)cc12.N#CCC(=O)N1CCOCC1. The molecule has 0 spiro atoms.